The van der Waals surface area contributed by atoms with E-state index in [0.717, 1.165) is 12.8 Å². The van der Waals surface area contributed by atoms with Gasteiger partial charge in [-0.1, -0.05) is 31.5 Å². The lowest BCUT2D eigenvalue weighted by atomic mass is 9.94. The summed E-state index contributed by atoms with van der Waals surface area (Å²) in [7, 11) is 0. The maximum absolute atomic E-state index is 11.6. The zero-order chi connectivity index (χ0) is 13.0. The number of ketones is 1. The first-order valence-electron chi connectivity index (χ1n) is 6.51. The van der Waals surface area contributed by atoms with E-state index in [4.69, 9.17) is 0 Å². The fourth-order valence-electron chi connectivity index (χ4n) is 2.33. The van der Waals surface area contributed by atoms with E-state index in [1.807, 2.05) is 13.8 Å². The number of carbonyl (C=O) groups excluding carboxylic acids is 1. The van der Waals surface area contributed by atoms with E-state index >= 15 is 0 Å². The number of rotatable bonds is 5. The molecule has 0 saturated carbocycles. The third-order valence-electron chi connectivity index (χ3n) is 3.33. The zero-order valence-corrected chi connectivity index (χ0v) is 11.8. The monoisotopic (exact) mass is 232 g/mol. The molecule has 1 aromatic carbocycles. The lowest BCUT2D eigenvalue weighted by molar-refractivity contribution is -0.121. The van der Waals surface area contributed by atoms with Crippen molar-refractivity contribution < 1.29 is 4.79 Å². The third-order valence-corrected chi connectivity index (χ3v) is 3.33. The molecule has 0 heterocycles. The van der Waals surface area contributed by atoms with E-state index in [-0.39, 0.29) is 5.92 Å². The van der Waals surface area contributed by atoms with Crippen molar-refractivity contribution >= 4 is 5.78 Å². The summed E-state index contributed by atoms with van der Waals surface area (Å²) in [6.45, 7) is 10.4. The first-order chi connectivity index (χ1) is 7.91. The highest BCUT2D eigenvalue weighted by Crippen LogP contribution is 2.19. The second-order valence-electron chi connectivity index (χ2n) is 5.35. The molecule has 0 atom stereocenters. The van der Waals surface area contributed by atoms with E-state index in [1.54, 1.807) is 0 Å². The van der Waals surface area contributed by atoms with Gasteiger partial charge in [0.25, 0.3) is 0 Å². The van der Waals surface area contributed by atoms with Gasteiger partial charge in [-0.05, 0) is 50.3 Å². The highest BCUT2D eigenvalue weighted by molar-refractivity contribution is 5.80. The second kappa shape index (κ2) is 6.00. The van der Waals surface area contributed by atoms with E-state index in [1.165, 1.54) is 22.3 Å². The summed E-state index contributed by atoms with van der Waals surface area (Å²) in [5, 5.41) is 0. The van der Waals surface area contributed by atoms with Crippen LogP contribution in [-0.2, 0) is 11.2 Å². The molecule has 0 radical (unpaired) electrons. The SMILES string of the molecule is Cc1cc(C)c(CCCC(=O)C(C)C)c(C)c1. The van der Waals surface area contributed by atoms with Crippen molar-refractivity contribution in [2.75, 3.05) is 0 Å². The molecule has 17 heavy (non-hydrogen) atoms. The van der Waals surface area contributed by atoms with Crippen LogP contribution in [0.3, 0.4) is 0 Å². The van der Waals surface area contributed by atoms with Crippen LogP contribution >= 0.6 is 0 Å². The van der Waals surface area contributed by atoms with E-state index < -0.39 is 0 Å². The maximum Gasteiger partial charge on any atom is 0.135 e. The van der Waals surface area contributed by atoms with Crippen LogP contribution in [-0.4, -0.2) is 5.78 Å². The maximum atomic E-state index is 11.6. The molecule has 0 spiro atoms. The minimum Gasteiger partial charge on any atom is -0.299 e. The molecule has 0 aliphatic carbocycles. The van der Waals surface area contributed by atoms with Crippen molar-refractivity contribution in [3.63, 3.8) is 0 Å². The van der Waals surface area contributed by atoms with Gasteiger partial charge in [0.05, 0.1) is 0 Å². The largest absolute Gasteiger partial charge is 0.299 e. The molecule has 0 fully saturated rings. The Morgan fingerprint density at radius 2 is 1.65 bits per heavy atom. The van der Waals surface area contributed by atoms with Crippen molar-refractivity contribution in [2.45, 2.75) is 53.9 Å². The number of hydrogen-bond donors (Lipinski definition) is 0. The number of hydrogen-bond acceptors (Lipinski definition) is 1. The number of Topliss-reactive ketones (excluding diaryl/α,β-unsaturated/α-hetero) is 1. The average Bonchev–Trinajstić information content (AvgIpc) is 2.21. The van der Waals surface area contributed by atoms with Gasteiger partial charge in [-0.3, -0.25) is 4.79 Å². The molecule has 0 aromatic heterocycles. The summed E-state index contributed by atoms with van der Waals surface area (Å²) < 4.78 is 0. The van der Waals surface area contributed by atoms with Gasteiger partial charge < -0.3 is 0 Å². The van der Waals surface area contributed by atoms with Crippen molar-refractivity contribution in [1.82, 2.24) is 0 Å². The lowest BCUT2D eigenvalue weighted by Gasteiger charge is -2.11. The van der Waals surface area contributed by atoms with Gasteiger partial charge >= 0.3 is 0 Å². The first kappa shape index (κ1) is 14.0. The molecule has 0 saturated heterocycles. The molecular weight excluding hydrogens is 208 g/mol. The Bertz CT molecular complexity index is 379. The Labute approximate surface area is 105 Å². The van der Waals surface area contributed by atoms with E-state index in [0.29, 0.717) is 12.2 Å². The summed E-state index contributed by atoms with van der Waals surface area (Å²) in [6.07, 6.45) is 2.71. The normalized spacial score (nSPS) is 10.9. The van der Waals surface area contributed by atoms with Crippen molar-refractivity contribution in [3.8, 4) is 0 Å². The van der Waals surface area contributed by atoms with Crippen molar-refractivity contribution in [1.29, 1.82) is 0 Å². The molecule has 0 N–H and O–H groups in total. The van der Waals surface area contributed by atoms with Gasteiger partial charge in [0.15, 0.2) is 0 Å². The minimum atomic E-state index is 0.176. The molecule has 0 bridgehead atoms. The summed E-state index contributed by atoms with van der Waals surface area (Å²) in [5.74, 6) is 0.558. The summed E-state index contributed by atoms with van der Waals surface area (Å²) in [4.78, 5) is 11.6. The smallest absolute Gasteiger partial charge is 0.135 e. The quantitative estimate of drug-likeness (QED) is 0.745. The highest BCUT2D eigenvalue weighted by Gasteiger charge is 2.08. The van der Waals surface area contributed by atoms with Gasteiger partial charge in [0.1, 0.15) is 5.78 Å². The minimum absolute atomic E-state index is 0.176. The molecule has 1 rings (SSSR count). The number of carbonyl (C=O) groups is 1. The summed E-state index contributed by atoms with van der Waals surface area (Å²) in [5.41, 5.74) is 5.47. The van der Waals surface area contributed by atoms with Crippen LogP contribution in [0.4, 0.5) is 0 Å². The Balaban J connectivity index is 2.61. The third kappa shape index (κ3) is 3.99. The Morgan fingerprint density at radius 1 is 1.12 bits per heavy atom. The fraction of sp³-hybridized carbons (Fsp3) is 0.562. The van der Waals surface area contributed by atoms with Crippen LogP contribution in [0.1, 0.15) is 48.9 Å². The second-order valence-corrected chi connectivity index (χ2v) is 5.35. The molecule has 0 unspecified atom stereocenters. The molecular formula is C16H24O. The average molecular weight is 232 g/mol. The fourth-order valence-corrected chi connectivity index (χ4v) is 2.33. The molecule has 94 valence electrons. The van der Waals surface area contributed by atoms with E-state index in [9.17, 15) is 4.79 Å². The van der Waals surface area contributed by atoms with Gasteiger partial charge in [0.2, 0.25) is 0 Å². The summed E-state index contributed by atoms with van der Waals surface area (Å²) in [6, 6.07) is 4.46. The van der Waals surface area contributed by atoms with Crippen LogP contribution in [0, 0.1) is 26.7 Å². The van der Waals surface area contributed by atoms with Gasteiger partial charge in [-0.25, -0.2) is 0 Å². The van der Waals surface area contributed by atoms with Crippen LogP contribution < -0.4 is 0 Å². The number of benzene rings is 1. The van der Waals surface area contributed by atoms with Crippen molar-refractivity contribution in [2.24, 2.45) is 5.92 Å². The standard InChI is InChI=1S/C16H24O/c1-11(2)16(17)8-6-7-15-13(4)9-12(3)10-14(15)5/h9-11H,6-8H2,1-5H3. The molecule has 1 heteroatoms. The predicted octanol–water partition coefficient (Wildman–Crippen LogP) is 4.16. The van der Waals surface area contributed by atoms with Gasteiger partial charge in [-0.15, -0.1) is 0 Å². The Morgan fingerprint density at radius 3 is 2.12 bits per heavy atom. The Kier molecular flexibility index (Phi) is 4.92. The zero-order valence-electron chi connectivity index (χ0n) is 11.8. The van der Waals surface area contributed by atoms with Gasteiger partial charge in [-0.2, -0.15) is 0 Å². The number of aryl methyl sites for hydroxylation is 3. The van der Waals surface area contributed by atoms with Crippen LogP contribution in [0.25, 0.3) is 0 Å². The predicted molar refractivity (Wildman–Crippen MR) is 73.4 cm³/mol. The van der Waals surface area contributed by atoms with Crippen LogP contribution in [0.15, 0.2) is 12.1 Å². The summed E-state index contributed by atoms with van der Waals surface area (Å²) >= 11 is 0. The molecule has 0 amide bonds. The van der Waals surface area contributed by atoms with Gasteiger partial charge in [0, 0.05) is 12.3 Å². The molecule has 1 nitrogen and oxygen atoms in total. The topological polar surface area (TPSA) is 17.1 Å². The van der Waals surface area contributed by atoms with E-state index in [2.05, 4.69) is 32.9 Å². The molecule has 0 aliphatic rings. The first-order valence-corrected chi connectivity index (χ1v) is 6.51. The molecule has 0 aliphatic heterocycles. The van der Waals surface area contributed by atoms with Crippen LogP contribution in [0.5, 0.6) is 0 Å². The Hall–Kier alpha value is -1.11. The van der Waals surface area contributed by atoms with Crippen molar-refractivity contribution in [3.05, 3.63) is 34.4 Å². The lowest BCUT2D eigenvalue weighted by Crippen LogP contribution is -2.07. The van der Waals surface area contributed by atoms with Crippen LogP contribution in [0.2, 0.25) is 0 Å². The molecule has 1 aromatic rings. The highest BCUT2D eigenvalue weighted by atomic mass is 16.1.